The second-order valence-corrected chi connectivity index (χ2v) is 8.13. The molecule has 0 saturated carbocycles. The number of likely N-dealkylation sites (tertiary alicyclic amines) is 1. The normalized spacial score (nSPS) is 15.4. The molecule has 0 N–H and O–H groups in total. The summed E-state index contributed by atoms with van der Waals surface area (Å²) in [6.07, 6.45) is 7.20. The van der Waals surface area contributed by atoms with Crippen molar-refractivity contribution in [3.8, 4) is 10.4 Å². The first kappa shape index (κ1) is 15.6. The summed E-state index contributed by atoms with van der Waals surface area (Å²) >= 11 is 3.51. The number of carbonyl (C=O) groups excluding carboxylic acids is 1. The minimum atomic E-state index is 0.145. The lowest BCUT2D eigenvalue weighted by molar-refractivity contribution is -0.126. The number of hydrogen-bond acceptors (Lipinski definition) is 3. The number of hydrogen-bond donors (Lipinski definition) is 0. The van der Waals surface area contributed by atoms with Gasteiger partial charge in [0.15, 0.2) is 0 Å². The quantitative estimate of drug-likeness (QED) is 0.557. The third-order valence-corrected chi connectivity index (χ3v) is 6.45. The molecule has 0 radical (unpaired) electrons. The summed E-state index contributed by atoms with van der Waals surface area (Å²) in [5, 5.41) is 3.47. The van der Waals surface area contributed by atoms with Crippen molar-refractivity contribution >= 4 is 44.7 Å². The Labute approximate surface area is 150 Å². The van der Waals surface area contributed by atoms with Crippen molar-refractivity contribution in [1.29, 1.82) is 0 Å². The highest BCUT2D eigenvalue weighted by Gasteiger charge is 2.13. The van der Waals surface area contributed by atoms with E-state index < -0.39 is 0 Å². The van der Waals surface area contributed by atoms with Crippen molar-refractivity contribution in [1.82, 2.24) is 4.90 Å². The molecular weight excluding hydrogens is 334 g/mol. The van der Waals surface area contributed by atoms with Gasteiger partial charge in [-0.25, -0.2) is 0 Å². The van der Waals surface area contributed by atoms with E-state index in [1.54, 1.807) is 17.4 Å². The van der Waals surface area contributed by atoms with Gasteiger partial charge in [0.05, 0.1) is 0 Å². The zero-order valence-corrected chi connectivity index (χ0v) is 15.0. The lowest BCUT2D eigenvalue weighted by Gasteiger charge is -2.25. The largest absolute Gasteiger partial charge is 0.339 e. The number of rotatable bonds is 3. The van der Waals surface area contributed by atoms with Crippen LogP contribution in [0, 0.1) is 0 Å². The molecule has 0 bridgehead atoms. The van der Waals surface area contributed by atoms with Crippen LogP contribution in [0.15, 0.2) is 47.9 Å². The fourth-order valence-electron chi connectivity index (χ4n) is 3.07. The Balaban J connectivity index is 1.50. The lowest BCUT2D eigenvalue weighted by atomic mass is 10.1. The lowest BCUT2D eigenvalue weighted by Crippen LogP contribution is -2.34. The second kappa shape index (κ2) is 6.91. The molecule has 2 aromatic heterocycles. The zero-order valence-electron chi connectivity index (χ0n) is 13.4. The fraction of sp³-hybridized carbons (Fsp3) is 0.250. The second-order valence-electron chi connectivity index (χ2n) is 6.11. The summed E-state index contributed by atoms with van der Waals surface area (Å²) in [5.41, 5.74) is 1.24. The molecule has 1 aliphatic heterocycles. The molecule has 0 aliphatic carbocycles. The number of amides is 1. The van der Waals surface area contributed by atoms with Gasteiger partial charge < -0.3 is 4.90 Å². The number of piperidine rings is 1. The van der Waals surface area contributed by atoms with E-state index in [0.29, 0.717) is 0 Å². The average molecular weight is 354 g/mol. The summed E-state index contributed by atoms with van der Waals surface area (Å²) in [7, 11) is 0. The maximum atomic E-state index is 12.2. The summed E-state index contributed by atoms with van der Waals surface area (Å²) in [4.78, 5) is 16.6. The van der Waals surface area contributed by atoms with Gasteiger partial charge in [-0.2, -0.15) is 0 Å². The van der Waals surface area contributed by atoms with Crippen LogP contribution in [0.3, 0.4) is 0 Å². The van der Waals surface area contributed by atoms with Crippen LogP contribution < -0.4 is 0 Å². The van der Waals surface area contributed by atoms with E-state index in [4.69, 9.17) is 0 Å². The zero-order chi connectivity index (χ0) is 16.4. The highest BCUT2D eigenvalue weighted by atomic mass is 32.1. The predicted octanol–water partition coefficient (Wildman–Crippen LogP) is 5.66. The van der Waals surface area contributed by atoms with Crippen LogP contribution in [0.4, 0.5) is 0 Å². The smallest absolute Gasteiger partial charge is 0.246 e. The number of nitrogens with zero attached hydrogens (tertiary/aromatic N) is 1. The number of carbonyl (C=O) groups is 1. The molecule has 1 fully saturated rings. The van der Waals surface area contributed by atoms with Gasteiger partial charge in [0.1, 0.15) is 0 Å². The molecule has 1 saturated heterocycles. The van der Waals surface area contributed by atoms with Crippen LogP contribution in [0.1, 0.15) is 24.1 Å². The third-order valence-electron chi connectivity index (χ3n) is 4.39. The molecule has 0 unspecified atom stereocenters. The van der Waals surface area contributed by atoms with Gasteiger partial charge in [0, 0.05) is 39.2 Å². The number of fused-ring (bicyclic) bond motifs is 1. The molecule has 3 aromatic rings. The minimum Gasteiger partial charge on any atom is -0.339 e. The van der Waals surface area contributed by atoms with Gasteiger partial charge >= 0.3 is 0 Å². The van der Waals surface area contributed by atoms with Gasteiger partial charge in [-0.1, -0.05) is 18.2 Å². The van der Waals surface area contributed by atoms with Crippen LogP contribution >= 0.6 is 22.7 Å². The molecule has 3 heterocycles. The first-order valence-electron chi connectivity index (χ1n) is 8.34. The van der Waals surface area contributed by atoms with Gasteiger partial charge in [0.25, 0.3) is 0 Å². The summed E-state index contributed by atoms with van der Waals surface area (Å²) in [6.45, 7) is 1.81. The molecule has 0 atom stereocenters. The Morgan fingerprint density at radius 2 is 1.92 bits per heavy atom. The molecular formula is C20H19NOS2. The summed E-state index contributed by atoms with van der Waals surface area (Å²) in [5.74, 6) is 0.145. The maximum Gasteiger partial charge on any atom is 0.246 e. The van der Waals surface area contributed by atoms with Gasteiger partial charge in [-0.15, -0.1) is 22.7 Å². The molecule has 4 rings (SSSR count). The van der Waals surface area contributed by atoms with Crippen molar-refractivity contribution in [2.75, 3.05) is 13.1 Å². The Kier molecular flexibility index (Phi) is 4.50. The van der Waals surface area contributed by atoms with E-state index in [2.05, 4.69) is 41.8 Å². The van der Waals surface area contributed by atoms with Gasteiger partial charge in [-0.3, -0.25) is 4.79 Å². The molecule has 1 aliphatic rings. The van der Waals surface area contributed by atoms with E-state index in [1.807, 2.05) is 22.3 Å². The molecule has 4 heteroatoms. The van der Waals surface area contributed by atoms with Crippen LogP contribution in [0.5, 0.6) is 0 Å². The Hall–Kier alpha value is -1.91. The number of thiophene rings is 2. The standard InChI is InChI=1S/C20H19NOS2/c22-20(21-10-4-1-5-11-21)9-8-17-12-16(14-23-17)19-13-15-6-2-3-7-18(15)24-19/h2-3,6-9,12-14H,1,4-5,10-11H2. The first-order chi connectivity index (χ1) is 11.8. The van der Waals surface area contributed by atoms with E-state index in [1.165, 1.54) is 26.9 Å². The predicted molar refractivity (Wildman–Crippen MR) is 105 cm³/mol. The highest BCUT2D eigenvalue weighted by molar-refractivity contribution is 7.22. The van der Waals surface area contributed by atoms with Gasteiger partial charge in [-0.05, 0) is 54.3 Å². The maximum absolute atomic E-state index is 12.2. The van der Waals surface area contributed by atoms with E-state index in [-0.39, 0.29) is 5.91 Å². The summed E-state index contributed by atoms with van der Waals surface area (Å²) in [6, 6.07) is 12.9. The van der Waals surface area contributed by atoms with Crippen molar-refractivity contribution in [3.05, 3.63) is 52.7 Å². The van der Waals surface area contributed by atoms with E-state index >= 15 is 0 Å². The average Bonchev–Trinajstić information content (AvgIpc) is 3.27. The SMILES string of the molecule is O=C(C=Cc1cc(-c2cc3ccccc3s2)cs1)N1CCCCC1. The minimum absolute atomic E-state index is 0.145. The summed E-state index contributed by atoms with van der Waals surface area (Å²) < 4.78 is 1.32. The Morgan fingerprint density at radius 3 is 2.75 bits per heavy atom. The molecule has 122 valence electrons. The van der Waals surface area contributed by atoms with Crippen LogP contribution in [0.25, 0.3) is 26.6 Å². The highest BCUT2D eigenvalue weighted by Crippen LogP contribution is 2.35. The van der Waals surface area contributed by atoms with Gasteiger partial charge in [0.2, 0.25) is 5.91 Å². The van der Waals surface area contributed by atoms with Crippen LogP contribution in [-0.4, -0.2) is 23.9 Å². The first-order valence-corrected chi connectivity index (χ1v) is 10.0. The van der Waals surface area contributed by atoms with Crippen molar-refractivity contribution in [2.24, 2.45) is 0 Å². The van der Waals surface area contributed by atoms with Crippen LogP contribution in [-0.2, 0) is 4.79 Å². The fourth-order valence-corrected chi connectivity index (χ4v) is 4.99. The Morgan fingerprint density at radius 1 is 1.08 bits per heavy atom. The van der Waals surface area contributed by atoms with E-state index in [0.717, 1.165) is 30.8 Å². The molecule has 1 amide bonds. The topological polar surface area (TPSA) is 20.3 Å². The molecule has 24 heavy (non-hydrogen) atoms. The number of benzene rings is 1. The Bertz CT molecular complexity index is 851. The van der Waals surface area contributed by atoms with Crippen molar-refractivity contribution in [2.45, 2.75) is 19.3 Å². The van der Waals surface area contributed by atoms with Crippen molar-refractivity contribution in [3.63, 3.8) is 0 Å². The molecule has 2 nitrogen and oxygen atoms in total. The van der Waals surface area contributed by atoms with Crippen LogP contribution in [0.2, 0.25) is 0 Å². The third kappa shape index (κ3) is 3.30. The monoisotopic (exact) mass is 353 g/mol. The van der Waals surface area contributed by atoms with Crippen molar-refractivity contribution < 1.29 is 4.79 Å². The van der Waals surface area contributed by atoms with E-state index in [9.17, 15) is 4.79 Å². The molecule has 1 aromatic carbocycles. The molecule has 0 spiro atoms.